The number of anilines is 1. The van der Waals surface area contributed by atoms with Crippen LogP contribution in [0.25, 0.3) is 0 Å². The Morgan fingerprint density at radius 3 is 2.89 bits per heavy atom. The SMILES string of the molecule is CN(Cc1cccs1)Cc1nc(NN)ccc1Cl. The van der Waals surface area contributed by atoms with Gasteiger partial charge in [-0.25, -0.2) is 10.8 Å². The highest BCUT2D eigenvalue weighted by Crippen LogP contribution is 2.19. The molecule has 0 aliphatic carbocycles. The first-order valence-corrected chi connectivity index (χ1v) is 6.78. The largest absolute Gasteiger partial charge is 0.308 e. The average Bonchev–Trinajstić information content (AvgIpc) is 2.84. The number of hydrazine groups is 1. The van der Waals surface area contributed by atoms with E-state index in [4.69, 9.17) is 17.4 Å². The zero-order chi connectivity index (χ0) is 13.0. The summed E-state index contributed by atoms with van der Waals surface area (Å²) < 4.78 is 0. The van der Waals surface area contributed by atoms with E-state index in [9.17, 15) is 0 Å². The average molecular weight is 283 g/mol. The van der Waals surface area contributed by atoms with Crippen LogP contribution in [-0.2, 0) is 13.1 Å². The second-order valence-corrected chi connectivity index (χ2v) is 5.46. The first-order chi connectivity index (χ1) is 8.69. The van der Waals surface area contributed by atoms with Gasteiger partial charge in [-0.3, -0.25) is 4.90 Å². The number of hydrogen-bond donors (Lipinski definition) is 2. The normalized spacial score (nSPS) is 10.9. The summed E-state index contributed by atoms with van der Waals surface area (Å²) in [5.74, 6) is 5.97. The molecule has 0 saturated heterocycles. The molecular weight excluding hydrogens is 268 g/mol. The van der Waals surface area contributed by atoms with Crippen molar-refractivity contribution in [3.05, 3.63) is 45.2 Å². The first-order valence-electron chi connectivity index (χ1n) is 5.52. The Hall–Kier alpha value is -1.14. The molecule has 3 N–H and O–H groups in total. The van der Waals surface area contributed by atoms with Crippen LogP contribution in [0, 0.1) is 0 Å². The number of hydrogen-bond acceptors (Lipinski definition) is 5. The van der Waals surface area contributed by atoms with Crippen LogP contribution in [0.1, 0.15) is 10.6 Å². The van der Waals surface area contributed by atoms with Crippen LogP contribution in [0.5, 0.6) is 0 Å². The number of nitrogen functional groups attached to an aromatic ring is 1. The molecule has 4 nitrogen and oxygen atoms in total. The molecule has 0 aromatic carbocycles. The Labute approximate surface area is 115 Å². The van der Waals surface area contributed by atoms with E-state index in [-0.39, 0.29) is 0 Å². The summed E-state index contributed by atoms with van der Waals surface area (Å²) in [5, 5.41) is 2.74. The molecule has 2 aromatic heterocycles. The lowest BCUT2D eigenvalue weighted by Gasteiger charge is -2.16. The molecular formula is C12H15ClN4S. The third-order valence-corrected chi connectivity index (χ3v) is 3.70. The highest BCUT2D eigenvalue weighted by molar-refractivity contribution is 7.09. The first kappa shape index (κ1) is 13.3. The molecule has 0 radical (unpaired) electrons. The fourth-order valence-corrected chi connectivity index (χ4v) is 2.60. The van der Waals surface area contributed by atoms with Crippen molar-refractivity contribution >= 4 is 28.8 Å². The minimum atomic E-state index is 0.624. The minimum Gasteiger partial charge on any atom is -0.308 e. The molecule has 6 heteroatoms. The summed E-state index contributed by atoms with van der Waals surface area (Å²) in [6, 6.07) is 7.73. The van der Waals surface area contributed by atoms with Gasteiger partial charge in [-0.15, -0.1) is 11.3 Å². The molecule has 0 spiro atoms. The number of nitrogens with two attached hydrogens (primary N) is 1. The summed E-state index contributed by atoms with van der Waals surface area (Å²) >= 11 is 7.87. The molecule has 96 valence electrons. The fraction of sp³-hybridized carbons (Fsp3) is 0.250. The second-order valence-electron chi connectivity index (χ2n) is 4.02. The number of halogens is 1. The zero-order valence-electron chi connectivity index (χ0n) is 10.1. The van der Waals surface area contributed by atoms with Crippen molar-refractivity contribution in [1.82, 2.24) is 9.88 Å². The van der Waals surface area contributed by atoms with Gasteiger partial charge >= 0.3 is 0 Å². The second kappa shape index (κ2) is 6.15. The molecule has 0 unspecified atom stereocenters. The molecule has 0 amide bonds. The summed E-state index contributed by atoms with van der Waals surface area (Å²) in [4.78, 5) is 7.84. The predicted octanol–water partition coefficient (Wildman–Crippen LogP) is 2.71. The third kappa shape index (κ3) is 3.43. The number of rotatable bonds is 5. The molecule has 0 fully saturated rings. The van der Waals surface area contributed by atoms with Gasteiger partial charge in [0.2, 0.25) is 0 Å². The van der Waals surface area contributed by atoms with Crippen LogP contribution in [-0.4, -0.2) is 16.9 Å². The smallest absolute Gasteiger partial charge is 0.140 e. The van der Waals surface area contributed by atoms with Gasteiger partial charge in [0, 0.05) is 18.0 Å². The molecule has 18 heavy (non-hydrogen) atoms. The van der Waals surface area contributed by atoms with Crippen molar-refractivity contribution in [2.24, 2.45) is 5.84 Å². The predicted molar refractivity (Wildman–Crippen MR) is 76.5 cm³/mol. The molecule has 0 aliphatic heterocycles. The van der Waals surface area contributed by atoms with Gasteiger partial charge in [-0.2, -0.15) is 0 Å². The number of nitrogens with one attached hydrogen (secondary N) is 1. The summed E-state index contributed by atoms with van der Waals surface area (Å²) in [5.41, 5.74) is 3.35. The lowest BCUT2D eigenvalue weighted by Crippen LogP contribution is -2.18. The van der Waals surface area contributed by atoms with Gasteiger partial charge in [-0.1, -0.05) is 17.7 Å². The molecule has 2 heterocycles. The maximum atomic E-state index is 6.12. The molecule has 0 aliphatic rings. The molecule has 0 bridgehead atoms. The van der Waals surface area contributed by atoms with E-state index in [1.54, 1.807) is 23.5 Å². The maximum absolute atomic E-state index is 6.12. The van der Waals surface area contributed by atoms with Gasteiger partial charge < -0.3 is 5.43 Å². The van der Waals surface area contributed by atoms with Gasteiger partial charge in [0.05, 0.1) is 10.7 Å². The van der Waals surface area contributed by atoms with E-state index in [0.717, 1.165) is 12.2 Å². The van der Waals surface area contributed by atoms with E-state index in [2.05, 4.69) is 32.8 Å². The summed E-state index contributed by atoms with van der Waals surface area (Å²) in [7, 11) is 2.04. The lowest BCUT2D eigenvalue weighted by atomic mass is 10.3. The fourth-order valence-electron chi connectivity index (χ4n) is 1.66. The molecule has 2 aromatic rings. The van der Waals surface area contributed by atoms with Crippen LogP contribution < -0.4 is 11.3 Å². The number of pyridine rings is 1. The van der Waals surface area contributed by atoms with Crippen molar-refractivity contribution in [2.45, 2.75) is 13.1 Å². The standard InChI is InChI=1S/C12H15ClN4S/c1-17(7-9-3-2-6-18-9)8-11-10(13)4-5-12(15-11)16-14/h2-6H,7-8,14H2,1H3,(H,15,16). The van der Waals surface area contributed by atoms with Gasteiger partial charge in [0.15, 0.2) is 0 Å². The maximum Gasteiger partial charge on any atom is 0.140 e. The van der Waals surface area contributed by atoms with Crippen LogP contribution in [0.15, 0.2) is 29.6 Å². The lowest BCUT2D eigenvalue weighted by molar-refractivity contribution is 0.318. The number of thiophene rings is 1. The minimum absolute atomic E-state index is 0.624. The molecule has 2 rings (SSSR count). The van der Waals surface area contributed by atoms with Crippen LogP contribution in [0.3, 0.4) is 0 Å². The Morgan fingerprint density at radius 1 is 1.39 bits per heavy atom. The van der Waals surface area contributed by atoms with E-state index in [0.29, 0.717) is 17.4 Å². The van der Waals surface area contributed by atoms with E-state index >= 15 is 0 Å². The summed E-state index contributed by atoms with van der Waals surface area (Å²) in [6.07, 6.45) is 0. The van der Waals surface area contributed by atoms with Crippen molar-refractivity contribution in [1.29, 1.82) is 0 Å². The van der Waals surface area contributed by atoms with E-state index < -0.39 is 0 Å². The van der Waals surface area contributed by atoms with Gasteiger partial charge in [0.25, 0.3) is 0 Å². The quantitative estimate of drug-likeness (QED) is 0.654. The van der Waals surface area contributed by atoms with E-state index in [1.807, 2.05) is 7.05 Å². The van der Waals surface area contributed by atoms with Crippen molar-refractivity contribution < 1.29 is 0 Å². The Bertz CT molecular complexity index is 501. The zero-order valence-corrected chi connectivity index (χ0v) is 11.6. The Balaban J connectivity index is 2.04. The Morgan fingerprint density at radius 2 is 2.22 bits per heavy atom. The molecule has 0 saturated carbocycles. The van der Waals surface area contributed by atoms with Crippen molar-refractivity contribution in [3.8, 4) is 0 Å². The van der Waals surface area contributed by atoms with Crippen LogP contribution in [0.4, 0.5) is 5.82 Å². The Kier molecular flexibility index (Phi) is 4.54. The van der Waals surface area contributed by atoms with Crippen molar-refractivity contribution in [2.75, 3.05) is 12.5 Å². The highest BCUT2D eigenvalue weighted by atomic mass is 35.5. The summed E-state index contributed by atoms with van der Waals surface area (Å²) in [6.45, 7) is 1.57. The van der Waals surface area contributed by atoms with Gasteiger partial charge in [-0.05, 0) is 30.6 Å². The van der Waals surface area contributed by atoms with Gasteiger partial charge in [0.1, 0.15) is 5.82 Å². The molecule has 0 atom stereocenters. The van der Waals surface area contributed by atoms with Crippen LogP contribution in [0.2, 0.25) is 5.02 Å². The van der Waals surface area contributed by atoms with E-state index in [1.165, 1.54) is 4.88 Å². The number of aromatic nitrogens is 1. The highest BCUT2D eigenvalue weighted by Gasteiger charge is 2.08. The third-order valence-electron chi connectivity index (χ3n) is 2.49. The topological polar surface area (TPSA) is 54.2 Å². The van der Waals surface area contributed by atoms with Crippen molar-refractivity contribution in [3.63, 3.8) is 0 Å². The monoisotopic (exact) mass is 282 g/mol. The number of nitrogens with zero attached hydrogens (tertiary/aromatic N) is 2. The van der Waals surface area contributed by atoms with Crippen LogP contribution >= 0.6 is 22.9 Å².